The summed E-state index contributed by atoms with van der Waals surface area (Å²) in [5.41, 5.74) is 0.889. The summed E-state index contributed by atoms with van der Waals surface area (Å²) < 4.78 is 11.2. The number of piperidine rings is 1. The molecule has 0 radical (unpaired) electrons. The van der Waals surface area contributed by atoms with Gasteiger partial charge < -0.3 is 19.5 Å². The third-order valence-electron chi connectivity index (χ3n) is 6.47. The molecule has 1 fully saturated rings. The van der Waals surface area contributed by atoms with Crippen molar-refractivity contribution < 1.29 is 24.2 Å². The third kappa shape index (κ3) is 6.13. The molecule has 1 aliphatic rings. The predicted octanol–water partition coefficient (Wildman–Crippen LogP) is 6.37. The smallest absolute Gasteiger partial charge is 0.507 e. The number of hydrogen-bond donors (Lipinski definition) is 1. The first-order valence-corrected chi connectivity index (χ1v) is 12.0. The van der Waals surface area contributed by atoms with Crippen LogP contribution in [0.25, 0.3) is 0 Å². The zero-order valence-electron chi connectivity index (χ0n) is 22.7. The molecule has 1 N–H and O–H groups in total. The first kappa shape index (κ1) is 27.7. The molecule has 2 rings (SSSR count). The Morgan fingerprint density at radius 2 is 1.47 bits per heavy atom. The molecule has 1 heterocycles. The van der Waals surface area contributed by atoms with Gasteiger partial charge >= 0.3 is 6.16 Å². The second-order valence-electron chi connectivity index (χ2n) is 12.7. The highest BCUT2D eigenvalue weighted by atomic mass is 16.7. The molecule has 1 aliphatic heterocycles. The number of carbonyl (C=O) groups is 2. The number of phenolic OH excluding ortho intramolecular Hbond substituents is 1. The molecule has 1 saturated heterocycles. The van der Waals surface area contributed by atoms with Crippen LogP contribution < -0.4 is 0 Å². The molecule has 1 amide bonds. The summed E-state index contributed by atoms with van der Waals surface area (Å²) >= 11 is 0. The number of carbonyl (C=O) groups excluding carboxylic acids is 2. The Morgan fingerprint density at radius 3 is 1.85 bits per heavy atom. The molecule has 0 atom stereocenters. The lowest BCUT2D eigenvalue weighted by Crippen LogP contribution is -2.64. The predicted molar refractivity (Wildman–Crippen MR) is 135 cm³/mol. The first-order valence-electron chi connectivity index (χ1n) is 12.0. The number of ether oxygens (including phenoxy) is 2. The molecular weight excluding hydrogens is 430 g/mol. The number of amides is 1. The van der Waals surface area contributed by atoms with Gasteiger partial charge in [-0.3, -0.25) is 4.79 Å². The lowest BCUT2D eigenvalue weighted by atomic mass is 9.78. The Kier molecular flexibility index (Phi) is 7.57. The van der Waals surface area contributed by atoms with Crippen LogP contribution in [0, 0.1) is 0 Å². The van der Waals surface area contributed by atoms with E-state index in [0.717, 1.165) is 16.7 Å². The standard InChI is InChI=1S/C28H43NO5/c1-12-22(30)29-27(8,9)15-19(16-28(29,10)11)34-24(32)33-17-18-13-20(25(2,3)4)23(31)21(14-18)26(5,6)7/h12-14,19,31H,1,15-17H2,2-11H3. The largest absolute Gasteiger partial charge is 0.508 e. The van der Waals surface area contributed by atoms with Crippen molar-refractivity contribution in [1.82, 2.24) is 4.90 Å². The Morgan fingerprint density at radius 1 is 1.03 bits per heavy atom. The average molecular weight is 474 g/mol. The summed E-state index contributed by atoms with van der Waals surface area (Å²) in [6.07, 6.45) is 1.23. The summed E-state index contributed by atoms with van der Waals surface area (Å²) in [4.78, 5) is 26.9. The van der Waals surface area contributed by atoms with Gasteiger partial charge in [0, 0.05) is 23.9 Å². The molecule has 34 heavy (non-hydrogen) atoms. The number of likely N-dealkylation sites (tertiary alicyclic amines) is 1. The topological polar surface area (TPSA) is 76.1 Å². The Labute approximate surface area is 205 Å². The van der Waals surface area contributed by atoms with Crippen molar-refractivity contribution >= 4 is 12.1 Å². The van der Waals surface area contributed by atoms with Gasteiger partial charge in [0.2, 0.25) is 5.91 Å². The van der Waals surface area contributed by atoms with E-state index in [1.54, 1.807) is 0 Å². The van der Waals surface area contributed by atoms with Crippen molar-refractivity contribution in [2.45, 2.75) is 117 Å². The highest BCUT2D eigenvalue weighted by molar-refractivity contribution is 5.88. The number of rotatable bonds is 4. The number of benzene rings is 1. The van der Waals surface area contributed by atoms with E-state index in [9.17, 15) is 14.7 Å². The van der Waals surface area contributed by atoms with Crippen LogP contribution >= 0.6 is 0 Å². The van der Waals surface area contributed by atoms with Crippen molar-refractivity contribution in [1.29, 1.82) is 0 Å². The maximum Gasteiger partial charge on any atom is 0.508 e. The summed E-state index contributed by atoms with van der Waals surface area (Å²) in [6, 6.07) is 3.78. The van der Waals surface area contributed by atoms with Gasteiger partial charge in [-0.1, -0.05) is 48.1 Å². The minimum absolute atomic E-state index is 0.0475. The molecule has 0 aliphatic carbocycles. The Bertz CT molecular complexity index is 894. The van der Waals surface area contributed by atoms with E-state index < -0.39 is 17.2 Å². The lowest BCUT2D eigenvalue weighted by molar-refractivity contribution is -0.150. The maximum atomic E-state index is 12.6. The zero-order valence-corrected chi connectivity index (χ0v) is 22.7. The molecule has 0 saturated carbocycles. The maximum absolute atomic E-state index is 12.6. The van der Waals surface area contributed by atoms with E-state index in [2.05, 4.69) is 6.58 Å². The van der Waals surface area contributed by atoms with Crippen LogP contribution in [0.2, 0.25) is 0 Å². The van der Waals surface area contributed by atoms with E-state index >= 15 is 0 Å². The van der Waals surface area contributed by atoms with Gasteiger partial charge in [-0.15, -0.1) is 0 Å². The van der Waals surface area contributed by atoms with Crippen molar-refractivity contribution in [3.8, 4) is 5.75 Å². The van der Waals surface area contributed by atoms with Crippen LogP contribution in [0.4, 0.5) is 4.79 Å². The van der Waals surface area contributed by atoms with Gasteiger partial charge in [-0.25, -0.2) is 4.79 Å². The highest BCUT2D eigenvalue weighted by Crippen LogP contribution is 2.41. The Balaban J connectivity index is 2.17. The van der Waals surface area contributed by atoms with Gasteiger partial charge in [-0.2, -0.15) is 0 Å². The van der Waals surface area contributed by atoms with Crippen molar-refractivity contribution in [2.75, 3.05) is 0 Å². The quantitative estimate of drug-likeness (QED) is 0.406. The first-order chi connectivity index (χ1) is 15.3. The fraction of sp³-hybridized carbons (Fsp3) is 0.643. The van der Waals surface area contributed by atoms with E-state index in [4.69, 9.17) is 9.47 Å². The molecule has 6 heteroatoms. The molecule has 1 aromatic carbocycles. The van der Waals surface area contributed by atoms with Crippen LogP contribution in [0.3, 0.4) is 0 Å². The summed E-state index contributed by atoms with van der Waals surface area (Å²) in [5, 5.41) is 10.9. The number of nitrogens with zero attached hydrogens (tertiary/aromatic N) is 1. The number of hydrogen-bond acceptors (Lipinski definition) is 5. The molecule has 190 valence electrons. The van der Waals surface area contributed by atoms with Gasteiger partial charge in [0.25, 0.3) is 0 Å². The highest BCUT2D eigenvalue weighted by Gasteiger charge is 2.48. The molecule has 0 bridgehead atoms. The van der Waals surface area contributed by atoms with E-state index in [-0.39, 0.29) is 35.2 Å². The van der Waals surface area contributed by atoms with Gasteiger partial charge in [0.15, 0.2) is 0 Å². The van der Waals surface area contributed by atoms with Crippen LogP contribution in [0.15, 0.2) is 24.8 Å². The van der Waals surface area contributed by atoms with Crippen LogP contribution in [0.1, 0.15) is 98.8 Å². The minimum Gasteiger partial charge on any atom is -0.507 e. The molecule has 6 nitrogen and oxygen atoms in total. The van der Waals surface area contributed by atoms with Crippen molar-refractivity contribution in [3.05, 3.63) is 41.5 Å². The van der Waals surface area contributed by atoms with E-state index in [1.165, 1.54) is 6.08 Å². The van der Waals surface area contributed by atoms with Crippen LogP contribution in [-0.2, 0) is 31.7 Å². The minimum atomic E-state index is -0.734. The van der Waals surface area contributed by atoms with Crippen LogP contribution in [-0.4, -0.2) is 39.3 Å². The summed E-state index contributed by atoms with van der Waals surface area (Å²) in [5.74, 6) is 0.157. The normalized spacial score (nSPS) is 18.4. The Hall–Kier alpha value is -2.50. The van der Waals surface area contributed by atoms with Crippen molar-refractivity contribution in [2.24, 2.45) is 0 Å². The van der Waals surface area contributed by atoms with Crippen molar-refractivity contribution in [3.63, 3.8) is 0 Å². The van der Waals surface area contributed by atoms with Crippen LogP contribution in [0.5, 0.6) is 5.75 Å². The number of aromatic hydroxyl groups is 1. The fourth-order valence-corrected chi connectivity index (χ4v) is 5.19. The second-order valence-corrected chi connectivity index (χ2v) is 12.7. The monoisotopic (exact) mass is 473 g/mol. The molecule has 1 aromatic rings. The molecular formula is C28H43NO5. The summed E-state index contributed by atoms with van der Waals surface area (Å²) in [7, 11) is 0. The summed E-state index contributed by atoms with van der Waals surface area (Å²) in [6.45, 7) is 23.8. The van der Waals surface area contributed by atoms with E-state index in [0.29, 0.717) is 12.8 Å². The average Bonchev–Trinajstić information content (AvgIpc) is 2.62. The third-order valence-corrected chi connectivity index (χ3v) is 6.47. The van der Waals surface area contributed by atoms with Gasteiger partial charge in [0.1, 0.15) is 18.5 Å². The zero-order chi connectivity index (χ0) is 26.3. The number of phenols is 1. The molecule has 0 spiro atoms. The van der Waals surface area contributed by atoms with Gasteiger partial charge in [-0.05, 0) is 73.4 Å². The molecule has 0 unspecified atom stereocenters. The second kappa shape index (κ2) is 9.27. The fourth-order valence-electron chi connectivity index (χ4n) is 5.19. The van der Waals surface area contributed by atoms with E-state index in [1.807, 2.05) is 86.3 Å². The SMILES string of the molecule is C=CC(=O)N1C(C)(C)CC(OC(=O)OCc2cc(C(C)(C)C)c(O)c(C(C)(C)C)c2)CC1(C)C. The van der Waals surface area contributed by atoms with Gasteiger partial charge in [0.05, 0.1) is 0 Å². The molecule has 0 aromatic heterocycles. The lowest BCUT2D eigenvalue weighted by Gasteiger charge is -2.54.